The van der Waals surface area contributed by atoms with E-state index in [1.165, 1.54) is 25.3 Å². The highest BCUT2D eigenvalue weighted by Crippen LogP contribution is 2.22. The lowest BCUT2D eigenvalue weighted by Crippen LogP contribution is -2.38. The van der Waals surface area contributed by atoms with Crippen LogP contribution in [-0.2, 0) is 16.1 Å². The van der Waals surface area contributed by atoms with Gasteiger partial charge in [0.1, 0.15) is 11.2 Å². The van der Waals surface area contributed by atoms with Crippen LogP contribution in [0.3, 0.4) is 0 Å². The fraction of sp³-hybridized carbons (Fsp3) is 0.350. The van der Waals surface area contributed by atoms with Gasteiger partial charge >= 0.3 is 0 Å². The predicted octanol–water partition coefficient (Wildman–Crippen LogP) is 3.40. The zero-order valence-corrected chi connectivity index (χ0v) is 17.3. The Morgan fingerprint density at radius 3 is 2.55 bits per heavy atom. The Bertz CT molecular complexity index is 941. The van der Waals surface area contributed by atoms with Gasteiger partial charge in [-0.15, -0.1) is 0 Å². The highest BCUT2D eigenvalue weighted by Gasteiger charge is 2.22. The van der Waals surface area contributed by atoms with Crippen LogP contribution >= 0.6 is 11.6 Å². The van der Waals surface area contributed by atoms with Crippen LogP contribution in [0.25, 0.3) is 6.08 Å². The van der Waals surface area contributed by atoms with E-state index >= 15 is 0 Å². The van der Waals surface area contributed by atoms with E-state index in [1.54, 1.807) is 11.6 Å². The number of likely N-dealkylation sites (N-methyl/N-ethyl adjacent to an activating group) is 1. The van der Waals surface area contributed by atoms with E-state index in [4.69, 9.17) is 11.6 Å². The molecule has 6 nitrogen and oxygen atoms in total. The summed E-state index contributed by atoms with van der Waals surface area (Å²) >= 11 is 6.34. The molecule has 0 radical (unpaired) electrons. The van der Waals surface area contributed by atoms with Gasteiger partial charge in [0.15, 0.2) is 11.6 Å². The fourth-order valence-corrected chi connectivity index (χ4v) is 3.02. The first kappa shape index (κ1) is 22.5. The summed E-state index contributed by atoms with van der Waals surface area (Å²) in [5.74, 6) is -2.98. The topological polar surface area (TPSA) is 76.0 Å². The Morgan fingerprint density at radius 2 is 1.97 bits per heavy atom. The molecule has 1 unspecified atom stereocenters. The van der Waals surface area contributed by atoms with Gasteiger partial charge in [-0.05, 0) is 36.6 Å². The molecule has 1 aromatic carbocycles. The first-order chi connectivity index (χ1) is 13.6. The standard InChI is InChI=1S/C20H23ClF2N4O2/c1-11(2)10-27-19(21)14(12(3)26-27)6-8-17(28)25-18(20(29)24-4)13-5-7-15(22)16(23)9-13/h5-9,11,18H,10H2,1-4H3,(H,24,29)(H,25,28). The summed E-state index contributed by atoms with van der Waals surface area (Å²) in [6.45, 7) is 6.48. The Balaban J connectivity index is 2.21. The van der Waals surface area contributed by atoms with Crippen LogP contribution < -0.4 is 10.6 Å². The lowest BCUT2D eigenvalue weighted by molar-refractivity contribution is -0.126. The number of halogens is 3. The molecule has 0 bridgehead atoms. The van der Waals surface area contributed by atoms with Crippen molar-refractivity contribution < 1.29 is 18.4 Å². The second kappa shape index (κ2) is 9.65. The third-order valence-corrected chi connectivity index (χ3v) is 4.52. The van der Waals surface area contributed by atoms with E-state index in [-0.39, 0.29) is 5.56 Å². The minimum Gasteiger partial charge on any atom is -0.357 e. The first-order valence-corrected chi connectivity index (χ1v) is 9.39. The Hall–Kier alpha value is -2.74. The molecule has 2 rings (SSSR count). The molecule has 1 heterocycles. The van der Waals surface area contributed by atoms with Gasteiger partial charge in [-0.25, -0.2) is 8.78 Å². The van der Waals surface area contributed by atoms with Gasteiger partial charge in [0.2, 0.25) is 11.8 Å². The summed E-state index contributed by atoms with van der Waals surface area (Å²) < 4.78 is 28.4. The molecular weight excluding hydrogens is 402 g/mol. The van der Waals surface area contributed by atoms with Gasteiger partial charge in [0.25, 0.3) is 0 Å². The number of carbonyl (C=O) groups excluding carboxylic acids is 2. The van der Waals surface area contributed by atoms with E-state index < -0.39 is 29.5 Å². The number of carbonyl (C=O) groups is 2. The average molecular weight is 425 g/mol. The number of benzene rings is 1. The maximum Gasteiger partial charge on any atom is 0.246 e. The smallest absolute Gasteiger partial charge is 0.246 e. The van der Waals surface area contributed by atoms with Crippen molar-refractivity contribution in [2.45, 2.75) is 33.4 Å². The number of hydrogen-bond donors (Lipinski definition) is 2. The molecule has 0 aliphatic carbocycles. The molecule has 0 fully saturated rings. The van der Waals surface area contributed by atoms with Crippen LogP contribution in [-0.4, -0.2) is 28.6 Å². The van der Waals surface area contributed by atoms with E-state index in [2.05, 4.69) is 15.7 Å². The number of aryl methyl sites for hydroxylation is 1. The van der Waals surface area contributed by atoms with E-state index in [0.29, 0.717) is 28.9 Å². The minimum atomic E-state index is -1.19. The molecule has 9 heteroatoms. The Labute approximate surface area is 172 Å². The van der Waals surface area contributed by atoms with Crippen molar-refractivity contribution in [1.29, 1.82) is 0 Å². The van der Waals surface area contributed by atoms with Crippen LogP contribution in [0.4, 0.5) is 8.78 Å². The predicted molar refractivity (Wildman–Crippen MR) is 107 cm³/mol. The molecule has 156 valence electrons. The summed E-state index contributed by atoms with van der Waals surface area (Å²) in [4.78, 5) is 24.5. The second-order valence-electron chi connectivity index (χ2n) is 6.93. The zero-order valence-electron chi connectivity index (χ0n) is 16.6. The van der Waals surface area contributed by atoms with Gasteiger partial charge < -0.3 is 10.6 Å². The van der Waals surface area contributed by atoms with Crippen molar-refractivity contribution >= 4 is 29.5 Å². The van der Waals surface area contributed by atoms with Crippen LogP contribution in [0.1, 0.15) is 36.7 Å². The molecule has 2 N–H and O–H groups in total. The third-order valence-electron chi connectivity index (χ3n) is 4.12. The monoisotopic (exact) mass is 424 g/mol. The quantitative estimate of drug-likeness (QED) is 0.669. The van der Waals surface area contributed by atoms with E-state index in [0.717, 1.165) is 12.1 Å². The lowest BCUT2D eigenvalue weighted by atomic mass is 10.1. The summed E-state index contributed by atoms with van der Waals surface area (Å²) in [5.41, 5.74) is 1.36. The molecule has 0 saturated heterocycles. The molecular formula is C20H23ClF2N4O2. The Kier molecular flexibility index (Phi) is 7.50. The van der Waals surface area contributed by atoms with Gasteiger partial charge in [0, 0.05) is 25.2 Å². The average Bonchev–Trinajstić information content (AvgIpc) is 2.92. The van der Waals surface area contributed by atoms with E-state index in [9.17, 15) is 18.4 Å². The maximum atomic E-state index is 13.5. The second-order valence-corrected chi connectivity index (χ2v) is 7.29. The largest absolute Gasteiger partial charge is 0.357 e. The molecule has 1 aromatic heterocycles. The van der Waals surface area contributed by atoms with Gasteiger partial charge in [-0.1, -0.05) is 31.5 Å². The number of hydrogen-bond acceptors (Lipinski definition) is 3. The number of aromatic nitrogens is 2. The molecule has 0 spiro atoms. The van der Waals surface area contributed by atoms with Crippen molar-refractivity contribution in [1.82, 2.24) is 20.4 Å². The van der Waals surface area contributed by atoms with Crippen LogP contribution in [0.5, 0.6) is 0 Å². The van der Waals surface area contributed by atoms with Gasteiger partial charge in [0.05, 0.1) is 5.69 Å². The summed E-state index contributed by atoms with van der Waals surface area (Å²) in [6, 6.07) is 1.82. The molecule has 0 aliphatic rings. The summed E-state index contributed by atoms with van der Waals surface area (Å²) in [7, 11) is 1.38. The minimum absolute atomic E-state index is 0.115. The summed E-state index contributed by atoms with van der Waals surface area (Å²) in [6.07, 6.45) is 2.72. The number of nitrogens with one attached hydrogen (secondary N) is 2. The van der Waals surface area contributed by atoms with Gasteiger partial charge in [-0.2, -0.15) is 5.10 Å². The number of rotatable bonds is 7. The van der Waals surface area contributed by atoms with Crippen molar-refractivity contribution in [3.05, 3.63) is 57.9 Å². The normalized spacial score (nSPS) is 12.4. The molecule has 0 saturated carbocycles. The van der Waals surface area contributed by atoms with Crippen molar-refractivity contribution in [2.24, 2.45) is 5.92 Å². The SMILES string of the molecule is CNC(=O)C(NC(=O)C=Cc1c(C)nn(CC(C)C)c1Cl)c1ccc(F)c(F)c1. The lowest BCUT2D eigenvalue weighted by Gasteiger charge is -2.17. The van der Waals surface area contributed by atoms with Crippen molar-refractivity contribution in [3.63, 3.8) is 0 Å². The zero-order chi connectivity index (χ0) is 21.7. The fourth-order valence-electron chi connectivity index (χ4n) is 2.71. The first-order valence-electron chi connectivity index (χ1n) is 9.02. The van der Waals surface area contributed by atoms with Crippen LogP contribution in [0, 0.1) is 24.5 Å². The molecule has 2 aromatic rings. The molecule has 0 aliphatic heterocycles. The highest BCUT2D eigenvalue weighted by molar-refractivity contribution is 6.31. The number of nitrogens with zero attached hydrogens (tertiary/aromatic N) is 2. The van der Waals surface area contributed by atoms with Gasteiger partial charge in [-0.3, -0.25) is 14.3 Å². The van der Waals surface area contributed by atoms with Crippen LogP contribution in [0.15, 0.2) is 24.3 Å². The summed E-state index contributed by atoms with van der Waals surface area (Å²) in [5, 5.41) is 9.63. The molecule has 29 heavy (non-hydrogen) atoms. The Morgan fingerprint density at radius 1 is 1.28 bits per heavy atom. The number of amides is 2. The van der Waals surface area contributed by atoms with Crippen molar-refractivity contribution in [3.8, 4) is 0 Å². The third kappa shape index (κ3) is 5.63. The van der Waals surface area contributed by atoms with Crippen LogP contribution in [0.2, 0.25) is 5.15 Å². The van der Waals surface area contributed by atoms with Crippen molar-refractivity contribution in [2.75, 3.05) is 7.05 Å². The van der Waals surface area contributed by atoms with E-state index in [1.807, 2.05) is 13.8 Å². The highest BCUT2D eigenvalue weighted by atomic mass is 35.5. The maximum absolute atomic E-state index is 13.5. The molecule has 2 amide bonds. The molecule has 1 atom stereocenters.